The molecule has 0 saturated carbocycles. The quantitative estimate of drug-likeness (QED) is 0.529. The number of halogens is 3. The Hall–Kier alpha value is -3.82. The Morgan fingerprint density at radius 3 is 2.63 bits per heavy atom. The summed E-state index contributed by atoms with van der Waals surface area (Å²) >= 11 is 0. The lowest BCUT2D eigenvalue weighted by molar-refractivity contribution is -0.141. The monoisotopic (exact) mass is 411 g/mol. The first kappa shape index (κ1) is 19.5. The van der Waals surface area contributed by atoms with E-state index in [0.717, 1.165) is 34.5 Å². The second-order valence-corrected chi connectivity index (χ2v) is 6.65. The molecule has 4 aromatic rings. The van der Waals surface area contributed by atoms with Crippen LogP contribution < -0.4 is 5.32 Å². The molecule has 4 rings (SSSR count). The van der Waals surface area contributed by atoms with Crippen LogP contribution in [-0.2, 0) is 12.7 Å². The first-order chi connectivity index (χ1) is 14.4. The van der Waals surface area contributed by atoms with E-state index in [0.29, 0.717) is 12.2 Å². The van der Waals surface area contributed by atoms with Crippen molar-refractivity contribution in [2.45, 2.75) is 19.6 Å². The van der Waals surface area contributed by atoms with E-state index in [2.05, 4.69) is 30.6 Å². The zero-order valence-electron chi connectivity index (χ0n) is 15.8. The largest absolute Gasteiger partial charge is 0.433 e. The smallest absolute Gasteiger partial charge is 0.324 e. The van der Waals surface area contributed by atoms with E-state index in [1.807, 2.05) is 31.3 Å². The molecule has 0 unspecified atom stereocenters. The van der Waals surface area contributed by atoms with Crippen LogP contribution in [0.1, 0.15) is 16.8 Å². The maximum Gasteiger partial charge on any atom is 0.433 e. The minimum Gasteiger partial charge on any atom is -0.324 e. The fourth-order valence-corrected chi connectivity index (χ4v) is 2.93. The molecule has 0 fully saturated rings. The highest BCUT2D eigenvalue weighted by molar-refractivity contribution is 5.70. The van der Waals surface area contributed by atoms with Crippen molar-refractivity contribution < 1.29 is 13.2 Å². The van der Waals surface area contributed by atoms with E-state index in [1.165, 1.54) is 0 Å². The zero-order chi connectivity index (χ0) is 21.1. The van der Waals surface area contributed by atoms with Gasteiger partial charge in [0.05, 0.1) is 18.9 Å². The molecule has 7 nitrogen and oxygen atoms in total. The number of hydrogen-bond donors (Lipinski definition) is 1. The average molecular weight is 411 g/mol. The topological polar surface area (TPSA) is 81.4 Å². The summed E-state index contributed by atoms with van der Waals surface area (Å²) in [6.07, 6.45) is 3.45. The van der Waals surface area contributed by atoms with Crippen LogP contribution in [0.2, 0.25) is 0 Å². The van der Waals surface area contributed by atoms with E-state index in [9.17, 15) is 13.2 Å². The summed E-state index contributed by atoms with van der Waals surface area (Å²) in [5, 5.41) is 14.8. The van der Waals surface area contributed by atoms with Crippen molar-refractivity contribution in [2.75, 3.05) is 5.32 Å². The summed E-state index contributed by atoms with van der Waals surface area (Å²) in [6, 6.07) is 8.28. The predicted molar refractivity (Wildman–Crippen MR) is 104 cm³/mol. The van der Waals surface area contributed by atoms with Gasteiger partial charge in [0.25, 0.3) is 0 Å². The molecular weight excluding hydrogens is 395 g/mol. The van der Waals surface area contributed by atoms with E-state index < -0.39 is 11.9 Å². The van der Waals surface area contributed by atoms with Gasteiger partial charge in [0.2, 0.25) is 5.95 Å². The number of nitrogens with one attached hydrogen (secondary N) is 1. The van der Waals surface area contributed by atoms with Gasteiger partial charge in [-0.3, -0.25) is 4.68 Å². The molecule has 0 aliphatic rings. The van der Waals surface area contributed by atoms with Crippen molar-refractivity contribution in [2.24, 2.45) is 0 Å². The molecular formula is C20H16F3N7. The van der Waals surface area contributed by atoms with Crippen LogP contribution in [0.15, 0.2) is 61.3 Å². The molecule has 0 aliphatic carbocycles. The summed E-state index contributed by atoms with van der Waals surface area (Å²) in [6.45, 7) is 2.44. The van der Waals surface area contributed by atoms with Gasteiger partial charge in [-0.2, -0.15) is 28.5 Å². The van der Waals surface area contributed by atoms with E-state index in [4.69, 9.17) is 0 Å². The number of alkyl halides is 3. The number of anilines is 2. The Morgan fingerprint density at radius 2 is 1.87 bits per heavy atom. The molecule has 0 atom stereocenters. The Labute approximate surface area is 169 Å². The van der Waals surface area contributed by atoms with Crippen molar-refractivity contribution >= 4 is 11.6 Å². The van der Waals surface area contributed by atoms with Crippen molar-refractivity contribution in [3.63, 3.8) is 0 Å². The standard InChI is InChI=1S/C20H16F3N7/c1-13-6-15(16-10-27-30(12-16)11-14-2-5-25-26-9-14)8-17(7-13)28-19-24-4-3-18(29-19)20(21,22)23/h2-10,12H,11H2,1H3,(H,24,28,29). The summed E-state index contributed by atoms with van der Waals surface area (Å²) in [5.41, 5.74) is 3.20. The maximum atomic E-state index is 12.9. The van der Waals surface area contributed by atoms with Crippen LogP contribution in [0.5, 0.6) is 0 Å². The number of nitrogens with zero attached hydrogens (tertiary/aromatic N) is 6. The maximum absolute atomic E-state index is 12.9. The molecule has 0 aliphatic heterocycles. The highest BCUT2D eigenvalue weighted by atomic mass is 19.4. The molecule has 10 heteroatoms. The van der Waals surface area contributed by atoms with Gasteiger partial charge >= 0.3 is 6.18 Å². The van der Waals surface area contributed by atoms with Crippen LogP contribution in [-0.4, -0.2) is 29.9 Å². The Balaban J connectivity index is 1.57. The van der Waals surface area contributed by atoms with Gasteiger partial charge in [-0.25, -0.2) is 9.97 Å². The van der Waals surface area contributed by atoms with Crippen LogP contribution in [0.25, 0.3) is 11.1 Å². The van der Waals surface area contributed by atoms with Crippen LogP contribution >= 0.6 is 0 Å². The lowest BCUT2D eigenvalue weighted by Gasteiger charge is -2.10. The van der Waals surface area contributed by atoms with E-state index in [-0.39, 0.29) is 5.95 Å². The Kier molecular flexibility index (Phi) is 5.13. The molecule has 1 aromatic carbocycles. The van der Waals surface area contributed by atoms with Crippen LogP contribution in [0.3, 0.4) is 0 Å². The summed E-state index contributed by atoms with van der Waals surface area (Å²) in [5.74, 6) is -0.123. The fourth-order valence-electron chi connectivity index (χ4n) is 2.93. The summed E-state index contributed by atoms with van der Waals surface area (Å²) < 4.78 is 40.4. The number of hydrogen-bond acceptors (Lipinski definition) is 6. The number of rotatable bonds is 5. The van der Waals surface area contributed by atoms with Gasteiger partial charge in [-0.15, -0.1) is 0 Å². The normalized spacial score (nSPS) is 11.5. The second-order valence-electron chi connectivity index (χ2n) is 6.65. The molecule has 0 spiro atoms. The predicted octanol–water partition coefficient (Wildman–Crippen LogP) is 4.25. The molecule has 3 aromatic heterocycles. The molecule has 0 saturated heterocycles. The first-order valence-corrected chi connectivity index (χ1v) is 8.94. The number of benzene rings is 1. The van der Waals surface area contributed by atoms with Crippen molar-refractivity contribution in [3.8, 4) is 11.1 Å². The molecule has 3 heterocycles. The fraction of sp³-hybridized carbons (Fsp3) is 0.150. The minimum absolute atomic E-state index is 0.123. The van der Waals surface area contributed by atoms with Crippen molar-refractivity contribution in [1.82, 2.24) is 29.9 Å². The molecule has 0 bridgehead atoms. The number of aromatic nitrogens is 6. The third kappa shape index (κ3) is 4.59. The molecule has 0 amide bonds. The Morgan fingerprint density at radius 1 is 1.00 bits per heavy atom. The van der Waals surface area contributed by atoms with Gasteiger partial charge in [-0.1, -0.05) is 6.07 Å². The third-order valence-electron chi connectivity index (χ3n) is 4.24. The van der Waals surface area contributed by atoms with Crippen LogP contribution in [0, 0.1) is 6.92 Å². The van der Waals surface area contributed by atoms with Gasteiger partial charge < -0.3 is 5.32 Å². The first-order valence-electron chi connectivity index (χ1n) is 8.94. The molecule has 1 N–H and O–H groups in total. The SMILES string of the molecule is Cc1cc(Nc2nccc(C(F)(F)F)n2)cc(-c2cnn(Cc3ccnnc3)c2)c1. The molecule has 0 radical (unpaired) electrons. The lowest BCUT2D eigenvalue weighted by atomic mass is 10.1. The third-order valence-corrected chi connectivity index (χ3v) is 4.24. The zero-order valence-corrected chi connectivity index (χ0v) is 15.8. The summed E-state index contributed by atoms with van der Waals surface area (Å²) in [4.78, 5) is 7.43. The summed E-state index contributed by atoms with van der Waals surface area (Å²) in [7, 11) is 0. The van der Waals surface area contributed by atoms with Crippen molar-refractivity contribution in [1.29, 1.82) is 0 Å². The molecule has 152 valence electrons. The number of aryl methyl sites for hydroxylation is 1. The lowest BCUT2D eigenvalue weighted by Crippen LogP contribution is -2.10. The van der Waals surface area contributed by atoms with Crippen LogP contribution in [0.4, 0.5) is 24.8 Å². The second kappa shape index (κ2) is 7.90. The minimum atomic E-state index is -4.53. The average Bonchev–Trinajstić information content (AvgIpc) is 3.16. The van der Waals surface area contributed by atoms with E-state index in [1.54, 1.807) is 29.3 Å². The van der Waals surface area contributed by atoms with Gasteiger partial charge in [-0.05, 0) is 47.9 Å². The van der Waals surface area contributed by atoms with Gasteiger partial charge in [0.15, 0.2) is 0 Å². The highest BCUT2D eigenvalue weighted by Gasteiger charge is 2.32. The van der Waals surface area contributed by atoms with Gasteiger partial charge in [0, 0.05) is 29.8 Å². The van der Waals surface area contributed by atoms with Crippen molar-refractivity contribution in [3.05, 3.63) is 78.1 Å². The van der Waals surface area contributed by atoms with E-state index >= 15 is 0 Å². The highest BCUT2D eigenvalue weighted by Crippen LogP contribution is 2.29. The van der Waals surface area contributed by atoms with Gasteiger partial charge in [0.1, 0.15) is 5.69 Å². The molecule has 30 heavy (non-hydrogen) atoms. The Bertz CT molecular complexity index is 1160.